The zero-order valence-electron chi connectivity index (χ0n) is 18.2. The molecule has 28 heavy (non-hydrogen) atoms. The van der Waals surface area contributed by atoms with Gasteiger partial charge in [-0.1, -0.05) is 0 Å². The first-order valence-electron chi connectivity index (χ1n) is 10.6. The molecule has 3 rings (SSSR count). The fourth-order valence-corrected chi connectivity index (χ4v) is 6.98. The van der Waals surface area contributed by atoms with Crippen molar-refractivity contribution in [1.82, 2.24) is 0 Å². The van der Waals surface area contributed by atoms with Crippen molar-refractivity contribution in [1.29, 1.82) is 0 Å². The summed E-state index contributed by atoms with van der Waals surface area (Å²) in [5, 5.41) is 18.6. The number of nitrogens with zero attached hydrogens (tertiary/aromatic N) is 2. The highest BCUT2D eigenvalue weighted by Crippen LogP contribution is 2.58. The standard InChI is InChI=1S/C22H36ClN2O2S/c1-19(2)16(23)9-12-22(5,27-19)15-7-10-20(3,25-13-28)14-8-11-21(4,26)18(24-6)17(14)15/h14-18,26H,7-12H2,1-6H3/q-1/t14-,15-,16-,17-,18+,20+,21+,22+/m0/s1. The lowest BCUT2D eigenvalue weighted by molar-refractivity contribution is -0.218. The van der Waals surface area contributed by atoms with Gasteiger partial charge >= 0.3 is 0 Å². The molecule has 160 valence electrons. The van der Waals surface area contributed by atoms with Crippen LogP contribution >= 0.6 is 23.8 Å². The first-order chi connectivity index (χ1) is 12.9. The lowest BCUT2D eigenvalue weighted by atomic mass is 9.51. The van der Waals surface area contributed by atoms with Gasteiger partial charge in [0.15, 0.2) is 0 Å². The molecule has 0 amide bonds. The Bertz CT molecular complexity index is 650. The molecule has 0 bridgehead atoms. The number of fused-ring (bicyclic) bond motifs is 1. The van der Waals surface area contributed by atoms with Gasteiger partial charge in [-0.15, -0.1) is 17.6 Å². The second kappa shape index (κ2) is 7.59. The smallest absolute Gasteiger partial charge is 0.0796 e. The van der Waals surface area contributed by atoms with Crippen LogP contribution in [0.3, 0.4) is 0 Å². The number of ether oxygens (including phenoxy) is 1. The van der Waals surface area contributed by atoms with E-state index in [4.69, 9.17) is 33.9 Å². The molecule has 4 nitrogen and oxygen atoms in total. The van der Waals surface area contributed by atoms with Crippen LogP contribution in [0, 0.1) is 17.8 Å². The van der Waals surface area contributed by atoms with Crippen molar-refractivity contribution in [3.05, 3.63) is 5.32 Å². The van der Waals surface area contributed by atoms with Gasteiger partial charge in [0, 0.05) is 5.60 Å². The van der Waals surface area contributed by atoms with Crippen molar-refractivity contribution in [2.24, 2.45) is 22.7 Å². The van der Waals surface area contributed by atoms with Crippen LogP contribution in [0.2, 0.25) is 0 Å². The van der Waals surface area contributed by atoms with E-state index in [1.807, 2.05) is 14.0 Å². The Morgan fingerprint density at radius 2 is 1.71 bits per heavy atom. The third-order valence-electron chi connectivity index (χ3n) is 8.16. The molecule has 3 aliphatic rings. The molecular formula is C22H36ClN2O2S-. The zero-order valence-corrected chi connectivity index (χ0v) is 19.7. The van der Waals surface area contributed by atoms with Crippen molar-refractivity contribution in [2.45, 2.75) is 107 Å². The Hall–Kier alpha value is -0.0300. The lowest BCUT2D eigenvalue weighted by Crippen LogP contribution is -2.64. The molecule has 6 heteroatoms. The van der Waals surface area contributed by atoms with Gasteiger partial charge < -0.3 is 15.2 Å². The normalized spacial score (nSPS) is 51.1. The number of thiocarbonyl (C=S) groups is 1. The van der Waals surface area contributed by atoms with Crippen LogP contribution < -0.4 is 0 Å². The Morgan fingerprint density at radius 3 is 2.29 bits per heavy atom. The van der Waals surface area contributed by atoms with Crippen molar-refractivity contribution in [3.63, 3.8) is 0 Å². The molecule has 0 aromatic rings. The number of alkyl halides is 1. The van der Waals surface area contributed by atoms with Crippen molar-refractivity contribution >= 4 is 29.0 Å². The minimum Gasteiger partial charge on any atom is -0.660 e. The van der Waals surface area contributed by atoms with E-state index in [0.29, 0.717) is 11.8 Å². The van der Waals surface area contributed by atoms with Gasteiger partial charge in [-0.05, 0) is 103 Å². The highest BCUT2D eigenvalue weighted by molar-refractivity contribution is 7.78. The van der Waals surface area contributed by atoms with Crippen molar-refractivity contribution in [3.8, 4) is 0 Å². The molecule has 2 aliphatic carbocycles. The predicted molar refractivity (Wildman–Crippen MR) is 119 cm³/mol. The molecule has 1 aliphatic heterocycles. The molecule has 0 aromatic carbocycles. The number of likely N-dealkylation sites (N-methyl/N-ethyl adjacent to an activating group) is 1. The average molecular weight is 428 g/mol. The van der Waals surface area contributed by atoms with Gasteiger partial charge in [0.1, 0.15) is 0 Å². The Labute approximate surface area is 180 Å². The Morgan fingerprint density at radius 1 is 1.07 bits per heavy atom. The molecule has 1 N–H and O–H groups in total. The summed E-state index contributed by atoms with van der Waals surface area (Å²) in [5.41, 5.74) is -1.69. The van der Waals surface area contributed by atoms with Gasteiger partial charge in [-0.3, -0.25) is 0 Å². The topological polar surface area (TPSA) is 55.9 Å². The number of aliphatic hydroxyl groups is 1. The van der Waals surface area contributed by atoms with Crippen LogP contribution in [0.25, 0.3) is 5.32 Å². The highest BCUT2D eigenvalue weighted by Gasteiger charge is 2.58. The van der Waals surface area contributed by atoms with E-state index in [-0.39, 0.29) is 34.1 Å². The fraction of sp³-hybridized carbons (Fsp3) is 0.955. The van der Waals surface area contributed by atoms with Crippen LogP contribution in [0.1, 0.15) is 73.1 Å². The second-order valence-electron chi connectivity index (χ2n) is 10.5. The Balaban J connectivity index is 2.03. The summed E-state index contributed by atoms with van der Waals surface area (Å²) in [6.07, 6.45) is 5.49. The fourth-order valence-electron chi connectivity index (χ4n) is 6.62. The van der Waals surface area contributed by atoms with Crippen LogP contribution in [-0.2, 0) is 4.74 Å². The third-order valence-corrected chi connectivity index (χ3v) is 9.00. The minimum absolute atomic E-state index is 0.0192. The molecule has 0 spiro atoms. The first kappa shape index (κ1) is 22.7. The molecule has 2 saturated carbocycles. The van der Waals surface area contributed by atoms with E-state index in [1.54, 1.807) is 0 Å². The van der Waals surface area contributed by atoms with Crippen molar-refractivity contribution < 1.29 is 9.84 Å². The maximum atomic E-state index is 11.2. The van der Waals surface area contributed by atoms with Gasteiger partial charge in [-0.25, -0.2) is 4.99 Å². The van der Waals surface area contributed by atoms with Crippen LogP contribution in [-0.4, -0.2) is 51.1 Å². The van der Waals surface area contributed by atoms with Gasteiger partial charge in [0.25, 0.3) is 0 Å². The third kappa shape index (κ3) is 3.72. The molecule has 0 radical (unpaired) electrons. The lowest BCUT2D eigenvalue weighted by Gasteiger charge is -2.64. The van der Waals surface area contributed by atoms with E-state index in [2.05, 4.69) is 37.8 Å². The summed E-state index contributed by atoms with van der Waals surface area (Å²) < 4.78 is 6.73. The maximum absolute atomic E-state index is 11.2. The van der Waals surface area contributed by atoms with Crippen LogP contribution in [0.15, 0.2) is 4.99 Å². The zero-order chi connectivity index (χ0) is 21.0. The van der Waals surface area contributed by atoms with Gasteiger partial charge in [-0.2, -0.15) is 7.05 Å². The highest BCUT2D eigenvalue weighted by atomic mass is 35.5. The van der Waals surface area contributed by atoms with Gasteiger partial charge in [0.2, 0.25) is 0 Å². The second-order valence-corrected chi connectivity index (χ2v) is 11.2. The van der Waals surface area contributed by atoms with E-state index in [0.717, 1.165) is 38.5 Å². The molecular weight excluding hydrogens is 392 g/mol. The summed E-state index contributed by atoms with van der Waals surface area (Å²) in [7, 11) is 1.84. The summed E-state index contributed by atoms with van der Waals surface area (Å²) >= 11 is 11.6. The largest absolute Gasteiger partial charge is 0.660 e. The minimum atomic E-state index is -0.802. The number of isothiocyanates is 1. The predicted octanol–water partition coefficient (Wildman–Crippen LogP) is 5.36. The van der Waals surface area contributed by atoms with E-state index in [1.165, 1.54) is 0 Å². The van der Waals surface area contributed by atoms with E-state index >= 15 is 0 Å². The number of hydrogen-bond donors (Lipinski definition) is 1. The molecule has 0 aromatic heterocycles. The number of aliphatic imine (C=N–C) groups is 1. The molecule has 1 saturated heterocycles. The number of halogens is 1. The Kier molecular flexibility index (Phi) is 6.14. The van der Waals surface area contributed by atoms with Crippen LogP contribution in [0.5, 0.6) is 0 Å². The summed E-state index contributed by atoms with van der Waals surface area (Å²) in [6.45, 7) is 10.6. The van der Waals surface area contributed by atoms with Gasteiger partial charge in [0.05, 0.1) is 27.3 Å². The van der Waals surface area contributed by atoms with Crippen LogP contribution in [0.4, 0.5) is 0 Å². The number of hydrogen-bond acceptors (Lipinski definition) is 4. The van der Waals surface area contributed by atoms with E-state index in [9.17, 15) is 5.11 Å². The monoisotopic (exact) mass is 427 g/mol. The first-order valence-corrected chi connectivity index (χ1v) is 11.5. The molecule has 3 fully saturated rings. The quantitative estimate of drug-likeness (QED) is 0.374. The average Bonchev–Trinajstić information content (AvgIpc) is 2.57. The van der Waals surface area contributed by atoms with E-state index < -0.39 is 5.60 Å². The van der Waals surface area contributed by atoms with Crippen molar-refractivity contribution in [2.75, 3.05) is 7.05 Å². The molecule has 1 heterocycles. The summed E-state index contributed by atoms with van der Waals surface area (Å²) in [6, 6.07) is -0.131. The SMILES string of the molecule is C[N-][C@@H]1[C@H]2[C@H](CC[C@@]1(C)O)[C@](C)(N=C=S)CC[C@@H]2[C@@]1(C)CC[C@H](Cl)C(C)(C)O1. The molecule has 8 atom stereocenters. The molecule has 0 unspecified atom stereocenters. The summed E-state index contributed by atoms with van der Waals surface area (Å²) in [5.74, 6) is 0.815. The number of rotatable bonds is 3. The maximum Gasteiger partial charge on any atom is 0.0796 e. The summed E-state index contributed by atoms with van der Waals surface area (Å²) in [4.78, 5) is 4.64.